The minimum Gasteiger partial charge on any atom is -0.372 e. The van der Waals surface area contributed by atoms with Crippen molar-refractivity contribution in [1.82, 2.24) is 15.1 Å². The molecule has 148 valence electrons. The molecule has 3 aliphatic rings. The van der Waals surface area contributed by atoms with Crippen LogP contribution in [0.2, 0.25) is 0 Å². The number of piperidine rings is 1. The van der Waals surface area contributed by atoms with Gasteiger partial charge in [-0.1, -0.05) is 6.42 Å². The highest BCUT2D eigenvalue weighted by Crippen LogP contribution is 2.53. The van der Waals surface area contributed by atoms with E-state index in [4.69, 9.17) is 10.5 Å². The number of hydrogen-bond acceptors (Lipinski definition) is 5. The summed E-state index contributed by atoms with van der Waals surface area (Å²) < 4.78 is 6.23. The van der Waals surface area contributed by atoms with Crippen molar-refractivity contribution in [2.45, 2.75) is 24.9 Å². The molecule has 0 radical (unpaired) electrons. The maximum atomic E-state index is 11.8. The fourth-order valence-corrected chi connectivity index (χ4v) is 6.40. The van der Waals surface area contributed by atoms with Crippen LogP contribution in [0, 0.1) is 11.8 Å². The number of primary amides is 1. The molecule has 3 heterocycles. The van der Waals surface area contributed by atoms with Crippen LogP contribution in [0.4, 0.5) is 4.79 Å². The zero-order chi connectivity index (χ0) is 19.0. The molecule has 27 heavy (non-hydrogen) atoms. The fourth-order valence-electron chi connectivity index (χ4n) is 5.21. The highest BCUT2D eigenvalue weighted by molar-refractivity contribution is 7.14. The average Bonchev–Trinajstić information content (AvgIpc) is 3.28. The molecule has 1 saturated carbocycles. The van der Waals surface area contributed by atoms with Crippen molar-refractivity contribution >= 4 is 23.3 Å². The van der Waals surface area contributed by atoms with Gasteiger partial charge in [-0.3, -0.25) is 4.79 Å². The van der Waals surface area contributed by atoms with Gasteiger partial charge >= 0.3 is 6.03 Å². The second-order valence-electron chi connectivity index (χ2n) is 7.83. The Labute approximate surface area is 163 Å². The minimum atomic E-state index is -0.371. The molecule has 7 nitrogen and oxygen atoms in total. The molecule has 0 spiro atoms. The molecule has 3 amide bonds. The van der Waals surface area contributed by atoms with Crippen LogP contribution in [-0.4, -0.2) is 68.1 Å². The van der Waals surface area contributed by atoms with Gasteiger partial charge in [0, 0.05) is 63.1 Å². The van der Waals surface area contributed by atoms with Gasteiger partial charge in [0.2, 0.25) is 0 Å². The SMILES string of the molecule is COC1(c2ccc(C(N)=O)s2)[C@@H]2CCC[C@H]1CN(CCN1CCNC1=O)C2. The minimum absolute atomic E-state index is 0.0519. The molecular formula is C19H28N4O3S. The Balaban J connectivity index is 1.51. The number of urea groups is 1. The Morgan fingerprint density at radius 2 is 2.07 bits per heavy atom. The number of likely N-dealkylation sites (tertiary alicyclic amines) is 1. The van der Waals surface area contributed by atoms with Gasteiger partial charge in [-0.15, -0.1) is 11.3 Å². The van der Waals surface area contributed by atoms with E-state index in [1.165, 1.54) is 17.8 Å². The van der Waals surface area contributed by atoms with Crippen LogP contribution < -0.4 is 11.1 Å². The molecule has 2 bridgehead atoms. The molecule has 3 fully saturated rings. The Hall–Kier alpha value is -1.64. The lowest BCUT2D eigenvalue weighted by Gasteiger charge is -2.55. The van der Waals surface area contributed by atoms with Crippen molar-refractivity contribution < 1.29 is 14.3 Å². The Morgan fingerprint density at radius 1 is 1.33 bits per heavy atom. The number of carbonyl (C=O) groups is 2. The second-order valence-corrected chi connectivity index (χ2v) is 8.91. The normalized spacial score (nSPS) is 31.1. The summed E-state index contributed by atoms with van der Waals surface area (Å²) >= 11 is 1.48. The summed E-state index contributed by atoms with van der Waals surface area (Å²) in [4.78, 5) is 29.5. The lowest BCUT2D eigenvalue weighted by Crippen LogP contribution is -2.59. The summed E-state index contributed by atoms with van der Waals surface area (Å²) in [6.45, 7) is 5.14. The van der Waals surface area contributed by atoms with Crippen molar-refractivity contribution in [1.29, 1.82) is 0 Å². The number of hydrogen-bond donors (Lipinski definition) is 2. The number of amides is 3. The average molecular weight is 393 g/mol. The standard InChI is InChI=1S/C19H28N4O3S/c1-26-19(16-6-5-15(27-16)17(20)24)13-3-2-4-14(19)12-22(11-13)9-10-23-8-7-21-18(23)25/h5-6,13-14H,2-4,7-12H2,1H3,(H2,20,24)(H,21,25)/t13-,14+,19?. The fraction of sp³-hybridized carbons (Fsp3) is 0.684. The molecule has 3 N–H and O–H groups in total. The van der Waals surface area contributed by atoms with Crippen LogP contribution in [0.1, 0.15) is 33.8 Å². The highest BCUT2D eigenvalue weighted by Gasteiger charge is 2.53. The number of nitrogens with one attached hydrogen (secondary N) is 1. The van der Waals surface area contributed by atoms with Gasteiger partial charge in [0.25, 0.3) is 5.91 Å². The quantitative estimate of drug-likeness (QED) is 0.767. The van der Waals surface area contributed by atoms with Crippen molar-refractivity contribution in [2.24, 2.45) is 17.6 Å². The van der Waals surface area contributed by atoms with E-state index in [0.717, 1.165) is 57.0 Å². The molecular weight excluding hydrogens is 364 g/mol. The van der Waals surface area contributed by atoms with E-state index in [2.05, 4.69) is 10.2 Å². The van der Waals surface area contributed by atoms with Gasteiger partial charge in [-0.25, -0.2) is 4.79 Å². The van der Waals surface area contributed by atoms with Crippen LogP contribution in [-0.2, 0) is 10.3 Å². The molecule has 3 atom stereocenters. The summed E-state index contributed by atoms with van der Waals surface area (Å²) in [5, 5.41) is 2.86. The predicted octanol–water partition coefficient (Wildman–Crippen LogP) is 1.45. The number of rotatable bonds is 6. The maximum Gasteiger partial charge on any atom is 0.317 e. The number of thiophene rings is 1. The molecule has 0 aromatic carbocycles. The van der Waals surface area contributed by atoms with E-state index in [1.807, 2.05) is 17.0 Å². The summed E-state index contributed by atoms with van der Waals surface area (Å²) in [7, 11) is 1.80. The Morgan fingerprint density at radius 3 is 2.63 bits per heavy atom. The number of fused-ring (bicyclic) bond motifs is 2. The molecule has 1 aromatic rings. The number of nitrogens with two attached hydrogens (primary N) is 1. The van der Waals surface area contributed by atoms with Crippen LogP contribution in [0.15, 0.2) is 12.1 Å². The van der Waals surface area contributed by atoms with E-state index < -0.39 is 0 Å². The first-order valence-electron chi connectivity index (χ1n) is 9.75. The van der Waals surface area contributed by atoms with E-state index in [0.29, 0.717) is 16.7 Å². The first kappa shape index (κ1) is 18.7. The first-order valence-corrected chi connectivity index (χ1v) is 10.6. The lowest BCUT2D eigenvalue weighted by molar-refractivity contribution is -0.166. The third-order valence-corrected chi connectivity index (χ3v) is 7.71. The molecule has 8 heteroatoms. The number of methoxy groups -OCH3 is 1. The Bertz CT molecular complexity index is 708. The molecule has 1 aliphatic carbocycles. The summed E-state index contributed by atoms with van der Waals surface area (Å²) in [5.41, 5.74) is 5.15. The topological polar surface area (TPSA) is 87.9 Å². The summed E-state index contributed by atoms with van der Waals surface area (Å²) in [5.74, 6) is 0.410. The van der Waals surface area contributed by atoms with E-state index in [9.17, 15) is 9.59 Å². The third-order valence-electron chi connectivity index (χ3n) is 6.48. The van der Waals surface area contributed by atoms with E-state index in [1.54, 1.807) is 7.11 Å². The van der Waals surface area contributed by atoms with Crippen molar-refractivity contribution in [3.63, 3.8) is 0 Å². The number of ether oxygens (including phenoxy) is 1. The molecule has 4 rings (SSSR count). The van der Waals surface area contributed by atoms with Crippen molar-refractivity contribution in [3.05, 3.63) is 21.9 Å². The monoisotopic (exact) mass is 392 g/mol. The van der Waals surface area contributed by atoms with Gasteiger partial charge in [-0.2, -0.15) is 0 Å². The molecule has 2 aliphatic heterocycles. The first-order chi connectivity index (χ1) is 13.0. The smallest absolute Gasteiger partial charge is 0.317 e. The lowest BCUT2D eigenvalue weighted by atomic mass is 9.64. The largest absolute Gasteiger partial charge is 0.372 e. The molecule has 1 unspecified atom stereocenters. The zero-order valence-electron chi connectivity index (χ0n) is 15.8. The maximum absolute atomic E-state index is 11.8. The van der Waals surface area contributed by atoms with Crippen LogP contribution in [0.5, 0.6) is 0 Å². The van der Waals surface area contributed by atoms with Gasteiger partial charge in [0.15, 0.2) is 0 Å². The van der Waals surface area contributed by atoms with Crippen LogP contribution in [0.3, 0.4) is 0 Å². The molecule has 2 saturated heterocycles. The van der Waals surface area contributed by atoms with Gasteiger partial charge in [0.05, 0.1) is 4.88 Å². The van der Waals surface area contributed by atoms with Gasteiger partial charge in [0.1, 0.15) is 5.60 Å². The number of carbonyl (C=O) groups excluding carboxylic acids is 2. The summed E-state index contributed by atoms with van der Waals surface area (Å²) in [6.07, 6.45) is 3.46. The number of nitrogens with zero attached hydrogens (tertiary/aromatic N) is 2. The molecule has 1 aromatic heterocycles. The second kappa shape index (κ2) is 7.41. The van der Waals surface area contributed by atoms with Crippen molar-refractivity contribution in [2.75, 3.05) is 46.4 Å². The Kier molecular flexibility index (Phi) is 5.13. The predicted molar refractivity (Wildman–Crippen MR) is 104 cm³/mol. The van der Waals surface area contributed by atoms with E-state index >= 15 is 0 Å². The van der Waals surface area contributed by atoms with Crippen molar-refractivity contribution in [3.8, 4) is 0 Å². The van der Waals surface area contributed by atoms with E-state index in [-0.39, 0.29) is 17.5 Å². The van der Waals surface area contributed by atoms with Gasteiger partial charge in [-0.05, 0) is 25.0 Å². The summed E-state index contributed by atoms with van der Waals surface area (Å²) in [6, 6.07) is 3.91. The third kappa shape index (κ3) is 3.23. The van der Waals surface area contributed by atoms with Gasteiger partial charge < -0.3 is 25.6 Å². The highest BCUT2D eigenvalue weighted by atomic mass is 32.1. The van der Waals surface area contributed by atoms with Crippen LogP contribution in [0.25, 0.3) is 0 Å². The van der Waals surface area contributed by atoms with Crippen LogP contribution >= 0.6 is 11.3 Å². The zero-order valence-corrected chi connectivity index (χ0v) is 16.6.